The monoisotopic (exact) mass is 283 g/mol. The van der Waals surface area contributed by atoms with E-state index in [1.54, 1.807) is 19.1 Å². The number of hydrogen-bond donors (Lipinski definition) is 1. The third-order valence-corrected chi connectivity index (χ3v) is 3.41. The minimum absolute atomic E-state index is 0.223. The molecule has 0 saturated carbocycles. The van der Waals surface area contributed by atoms with Gasteiger partial charge >= 0.3 is 5.97 Å². The highest BCUT2D eigenvalue weighted by molar-refractivity contribution is 6.38. The fourth-order valence-corrected chi connectivity index (χ4v) is 2.59. The summed E-state index contributed by atoms with van der Waals surface area (Å²) in [6, 6.07) is 3.16. The number of aromatic nitrogens is 1. The minimum Gasteiger partial charge on any atom is -0.478 e. The van der Waals surface area contributed by atoms with E-state index in [9.17, 15) is 9.90 Å². The maximum atomic E-state index is 11.4. The molecule has 2 rings (SSSR count). The highest BCUT2D eigenvalue weighted by Gasteiger charge is 2.18. The van der Waals surface area contributed by atoms with Gasteiger partial charge in [-0.3, -0.25) is 4.98 Å². The number of nitrogens with zero attached hydrogens (tertiary/aromatic N) is 1. The quantitative estimate of drug-likeness (QED) is 0.902. The van der Waals surface area contributed by atoms with Crippen LogP contribution in [0.15, 0.2) is 12.1 Å². The van der Waals surface area contributed by atoms with Gasteiger partial charge in [-0.2, -0.15) is 0 Å². The fraction of sp³-hybridized carbons (Fsp3) is 0.231. The zero-order valence-corrected chi connectivity index (χ0v) is 11.4. The van der Waals surface area contributed by atoms with E-state index in [0.29, 0.717) is 32.9 Å². The van der Waals surface area contributed by atoms with Gasteiger partial charge in [0, 0.05) is 16.1 Å². The SMILES string of the molecule is CCc1nc2c(Cl)cc(Cl)cc2c(C(=O)O)c1C. The fourth-order valence-electron chi connectivity index (χ4n) is 2.06. The van der Waals surface area contributed by atoms with Crippen molar-refractivity contribution in [1.82, 2.24) is 4.98 Å². The van der Waals surface area contributed by atoms with Crippen LogP contribution in [0.25, 0.3) is 10.9 Å². The van der Waals surface area contributed by atoms with Crippen LogP contribution in [-0.4, -0.2) is 16.1 Å². The summed E-state index contributed by atoms with van der Waals surface area (Å²) < 4.78 is 0. The first kappa shape index (κ1) is 13.1. The number of benzene rings is 1. The molecule has 0 aliphatic rings. The van der Waals surface area contributed by atoms with Gasteiger partial charge in [-0.15, -0.1) is 0 Å². The molecule has 3 nitrogen and oxygen atoms in total. The Morgan fingerprint density at radius 3 is 2.61 bits per heavy atom. The van der Waals surface area contributed by atoms with Gasteiger partial charge in [0.1, 0.15) is 0 Å². The molecule has 0 fully saturated rings. The molecule has 2 aromatic rings. The first-order chi connectivity index (χ1) is 8.45. The molecule has 0 amide bonds. The van der Waals surface area contributed by atoms with Gasteiger partial charge in [-0.1, -0.05) is 30.1 Å². The zero-order valence-electron chi connectivity index (χ0n) is 9.92. The van der Waals surface area contributed by atoms with Crippen LogP contribution in [0.5, 0.6) is 0 Å². The number of halogens is 2. The van der Waals surface area contributed by atoms with Gasteiger partial charge in [-0.25, -0.2) is 4.79 Å². The van der Waals surface area contributed by atoms with Crippen LogP contribution in [0, 0.1) is 6.92 Å². The Morgan fingerprint density at radius 2 is 2.06 bits per heavy atom. The highest BCUT2D eigenvalue weighted by atomic mass is 35.5. The normalized spacial score (nSPS) is 10.9. The van der Waals surface area contributed by atoms with Crippen molar-refractivity contribution in [3.63, 3.8) is 0 Å². The summed E-state index contributed by atoms with van der Waals surface area (Å²) in [7, 11) is 0. The molecule has 0 saturated heterocycles. The second-order valence-corrected chi connectivity index (χ2v) is 4.84. The standard InChI is InChI=1S/C13H11Cl2NO2/c1-3-10-6(2)11(13(17)18)8-4-7(14)5-9(15)12(8)16-10/h4-5H,3H2,1-2H3,(H,17,18). The maximum Gasteiger partial charge on any atom is 0.336 e. The van der Waals surface area contributed by atoms with E-state index < -0.39 is 5.97 Å². The van der Waals surface area contributed by atoms with Crippen molar-refractivity contribution in [2.24, 2.45) is 0 Å². The van der Waals surface area contributed by atoms with E-state index in [4.69, 9.17) is 23.2 Å². The van der Waals surface area contributed by atoms with Crippen molar-refractivity contribution in [2.45, 2.75) is 20.3 Å². The van der Waals surface area contributed by atoms with Crippen molar-refractivity contribution in [3.8, 4) is 0 Å². The topological polar surface area (TPSA) is 50.2 Å². The molecular weight excluding hydrogens is 273 g/mol. The van der Waals surface area contributed by atoms with Crippen LogP contribution in [0.3, 0.4) is 0 Å². The lowest BCUT2D eigenvalue weighted by Gasteiger charge is -2.11. The average Bonchev–Trinajstić information content (AvgIpc) is 2.27. The van der Waals surface area contributed by atoms with Gasteiger partial charge in [0.05, 0.1) is 16.1 Å². The maximum absolute atomic E-state index is 11.4. The molecule has 94 valence electrons. The van der Waals surface area contributed by atoms with Crippen molar-refractivity contribution in [2.75, 3.05) is 0 Å². The smallest absolute Gasteiger partial charge is 0.336 e. The predicted octanol–water partition coefficient (Wildman–Crippen LogP) is 4.11. The third-order valence-electron chi connectivity index (χ3n) is 2.90. The Labute approximate surface area is 114 Å². The largest absolute Gasteiger partial charge is 0.478 e. The van der Waals surface area contributed by atoms with Crippen molar-refractivity contribution < 1.29 is 9.90 Å². The first-order valence-corrected chi connectivity index (χ1v) is 6.22. The average molecular weight is 284 g/mol. The lowest BCUT2D eigenvalue weighted by atomic mass is 10.0. The molecule has 1 N–H and O–H groups in total. The number of fused-ring (bicyclic) bond motifs is 1. The molecule has 0 aliphatic heterocycles. The molecule has 1 heterocycles. The molecule has 1 aromatic heterocycles. The number of hydrogen-bond acceptors (Lipinski definition) is 2. The van der Waals surface area contributed by atoms with Crippen LogP contribution in [0.2, 0.25) is 10.0 Å². The Bertz CT molecular complexity index is 653. The predicted molar refractivity (Wildman–Crippen MR) is 72.8 cm³/mol. The summed E-state index contributed by atoms with van der Waals surface area (Å²) in [5.74, 6) is -0.993. The van der Waals surface area contributed by atoms with E-state index in [-0.39, 0.29) is 5.56 Å². The van der Waals surface area contributed by atoms with Crippen LogP contribution < -0.4 is 0 Å². The molecule has 1 aromatic carbocycles. The molecule has 0 bridgehead atoms. The lowest BCUT2D eigenvalue weighted by Crippen LogP contribution is -2.06. The number of carboxylic acid groups (broad SMARTS) is 1. The minimum atomic E-state index is -0.993. The van der Waals surface area contributed by atoms with E-state index in [1.165, 1.54) is 0 Å². The van der Waals surface area contributed by atoms with Crippen LogP contribution in [0.1, 0.15) is 28.5 Å². The van der Waals surface area contributed by atoms with Crippen molar-refractivity contribution in [1.29, 1.82) is 0 Å². The summed E-state index contributed by atoms with van der Waals surface area (Å²) in [6.45, 7) is 3.68. The highest BCUT2D eigenvalue weighted by Crippen LogP contribution is 2.31. The Balaban J connectivity index is 3.00. The van der Waals surface area contributed by atoms with Gasteiger partial charge in [0.15, 0.2) is 0 Å². The number of carbonyl (C=O) groups is 1. The Hall–Kier alpha value is -1.32. The lowest BCUT2D eigenvalue weighted by molar-refractivity contribution is 0.0698. The summed E-state index contributed by atoms with van der Waals surface area (Å²) in [5.41, 5.74) is 2.11. The van der Waals surface area contributed by atoms with E-state index in [2.05, 4.69) is 4.98 Å². The molecular formula is C13H11Cl2NO2. The zero-order chi connectivity index (χ0) is 13.4. The first-order valence-electron chi connectivity index (χ1n) is 5.47. The van der Waals surface area contributed by atoms with Crippen LogP contribution in [0.4, 0.5) is 0 Å². The van der Waals surface area contributed by atoms with Gasteiger partial charge < -0.3 is 5.11 Å². The summed E-state index contributed by atoms with van der Waals surface area (Å²) in [4.78, 5) is 15.8. The van der Waals surface area contributed by atoms with E-state index in [1.807, 2.05) is 6.92 Å². The van der Waals surface area contributed by atoms with Crippen molar-refractivity contribution >= 4 is 40.1 Å². The molecule has 0 unspecified atom stereocenters. The van der Waals surface area contributed by atoms with Gasteiger partial charge in [-0.05, 0) is 31.0 Å². The number of aromatic carboxylic acids is 1. The van der Waals surface area contributed by atoms with E-state index in [0.717, 1.165) is 5.69 Å². The molecule has 0 aliphatic carbocycles. The Kier molecular flexibility index (Phi) is 3.46. The third kappa shape index (κ3) is 2.04. The molecule has 5 heteroatoms. The number of aryl methyl sites for hydroxylation is 1. The van der Waals surface area contributed by atoms with Gasteiger partial charge in [0.2, 0.25) is 0 Å². The number of pyridine rings is 1. The summed E-state index contributed by atoms with van der Waals surface area (Å²) in [6.07, 6.45) is 0.654. The number of carboxylic acids is 1. The summed E-state index contributed by atoms with van der Waals surface area (Å²) in [5, 5.41) is 10.6. The van der Waals surface area contributed by atoms with Crippen LogP contribution in [-0.2, 0) is 6.42 Å². The van der Waals surface area contributed by atoms with E-state index >= 15 is 0 Å². The second kappa shape index (κ2) is 4.75. The second-order valence-electron chi connectivity index (χ2n) is 4.00. The van der Waals surface area contributed by atoms with Gasteiger partial charge in [0.25, 0.3) is 0 Å². The van der Waals surface area contributed by atoms with Crippen molar-refractivity contribution in [3.05, 3.63) is 39.0 Å². The Morgan fingerprint density at radius 1 is 1.39 bits per heavy atom. The summed E-state index contributed by atoms with van der Waals surface area (Å²) >= 11 is 12.0. The van der Waals surface area contributed by atoms with Crippen LogP contribution >= 0.6 is 23.2 Å². The molecule has 0 spiro atoms. The number of rotatable bonds is 2. The molecule has 0 radical (unpaired) electrons. The molecule has 18 heavy (non-hydrogen) atoms. The molecule has 0 atom stereocenters.